The molecule has 0 bridgehead atoms. The van der Waals surface area contributed by atoms with E-state index in [4.69, 9.17) is 10.1 Å². The maximum absolute atomic E-state index is 13.8. The van der Waals surface area contributed by atoms with E-state index in [1.54, 1.807) is 0 Å². The van der Waals surface area contributed by atoms with Gasteiger partial charge in [-0.05, 0) is 80.1 Å². The van der Waals surface area contributed by atoms with E-state index in [9.17, 15) is 4.57 Å². The SMILES string of the molecule is CP1(=O)c2ccccc2-c2cc(-c3ccc(-c4ccc(-c5nc6c(-c7ccccc7)cc(-c7ccccc7)cn6n5)cc4)c4ccccc34)ccc21. The summed E-state index contributed by atoms with van der Waals surface area (Å²) in [4.78, 5) is 5.07. The molecule has 1 unspecified atom stereocenters. The lowest BCUT2D eigenvalue weighted by Crippen LogP contribution is -2.07. The predicted molar refractivity (Wildman–Crippen MR) is 216 cm³/mol. The summed E-state index contributed by atoms with van der Waals surface area (Å²) in [5.41, 5.74) is 12.9. The quantitative estimate of drug-likeness (QED) is 0.169. The summed E-state index contributed by atoms with van der Waals surface area (Å²) in [5, 5.41) is 9.26. The number of rotatable bonds is 5. The van der Waals surface area contributed by atoms with Gasteiger partial charge in [0.05, 0.1) is 0 Å². The van der Waals surface area contributed by atoms with E-state index in [-0.39, 0.29) is 0 Å². The van der Waals surface area contributed by atoms with Gasteiger partial charge in [0.1, 0.15) is 7.14 Å². The minimum Gasteiger partial charge on any atom is -0.314 e. The number of nitrogens with zero attached hydrogens (tertiary/aromatic N) is 3. The second kappa shape index (κ2) is 11.9. The lowest BCUT2D eigenvalue weighted by atomic mass is 9.91. The largest absolute Gasteiger partial charge is 0.314 e. The third kappa shape index (κ3) is 4.87. The number of hydrogen-bond acceptors (Lipinski definition) is 3. The van der Waals surface area contributed by atoms with Gasteiger partial charge in [-0.25, -0.2) is 9.50 Å². The predicted octanol–water partition coefficient (Wildman–Crippen LogP) is 11.1. The fraction of sp³-hybridized carbons (Fsp3) is 0.0213. The minimum absolute atomic E-state index is 0.684. The highest BCUT2D eigenvalue weighted by Crippen LogP contribution is 2.51. The third-order valence-corrected chi connectivity index (χ3v) is 13.0. The van der Waals surface area contributed by atoms with Crippen LogP contribution in [0.3, 0.4) is 0 Å². The number of aromatic nitrogens is 3. The van der Waals surface area contributed by atoms with Gasteiger partial charge in [-0.15, -0.1) is 5.10 Å². The van der Waals surface area contributed by atoms with Crippen LogP contribution in [-0.4, -0.2) is 21.3 Å². The zero-order valence-corrected chi connectivity index (χ0v) is 29.3. The molecule has 10 rings (SSSR count). The Bertz CT molecular complexity index is 2880. The fourth-order valence-electron chi connectivity index (χ4n) is 7.82. The van der Waals surface area contributed by atoms with Crippen LogP contribution < -0.4 is 10.6 Å². The van der Waals surface area contributed by atoms with Crippen molar-refractivity contribution in [2.45, 2.75) is 0 Å². The average Bonchev–Trinajstić information content (AvgIpc) is 3.74. The molecule has 3 heterocycles. The molecule has 5 heteroatoms. The van der Waals surface area contributed by atoms with Crippen LogP contribution in [-0.2, 0) is 4.57 Å². The molecule has 2 aromatic heterocycles. The van der Waals surface area contributed by atoms with Gasteiger partial charge >= 0.3 is 0 Å². The molecule has 1 atom stereocenters. The average molecular weight is 686 g/mol. The van der Waals surface area contributed by atoms with Crippen molar-refractivity contribution in [2.24, 2.45) is 0 Å². The van der Waals surface area contributed by atoms with Crippen LogP contribution in [0, 0.1) is 0 Å². The van der Waals surface area contributed by atoms with Crippen molar-refractivity contribution < 1.29 is 4.57 Å². The van der Waals surface area contributed by atoms with Crippen LogP contribution in [0.5, 0.6) is 0 Å². The van der Waals surface area contributed by atoms with Gasteiger partial charge in [0.15, 0.2) is 11.5 Å². The van der Waals surface area contributed by atoms with Crippen molar-refractivity contribution in [1.29, 1.82) is 0 Å². The topological polar surface area (TPSA) is 47.3 Å². The first-order chi connectivity index (χ1) is 25.5. The van der Waals surface area contributed by atoms with E-state index < -0.39 is 7.14 Å². The molecule has 7 aromatic carbocycles. The van der Waals surface area contributed by atoms with Gasteiger partial charge in [-0.1, -0.05) is 152 Å². The van der Waals surface area contributed by atoms with Crippen LogP contribution in [0.25, 0.3) is 83.4 Å². The molecule has 0 saturated heterocycles. The first kappa shape index (κ1) is 30.5. The number of fused-ring (bicyclic) bond motifs is 5. The van der Waals surface area contributed by atoms with Crippen molar-refractivity contribution in [3.8, 4) is 67.0 Å². The Morgan fingerprint density at radius 3 is 1.71 bits per heavy atom. The smallest absolute Gasteiger partial charge is 0.182 e. The Labute approximate surface area is 302 Å². The molecule has 4 nitrogen and oxygen atoms in total. The lowest BCUT2D eigenvalue weighted by molar-refractivity contribution is 0.591. The summed E-state index contributed by atoms with van der Waals surface area (Å²) in [5.74, 6) is 0.684. The highest BCUT2D eigenvalue weighted by Gasteiger charge is 2.34. The van der Waals surface area contributed by atoms with E-state index in [0.29, 0.717) is 5.82 Å². The van der Waals surface area contributed by atoms with Gasteiger partial charge in [-0.3, -0.25) is 0 Å². The highest BCUT2D eigenvalue weighted by molar-refractivity contribution is 7.79. The van der Waals surface area contributed by atoms with Crippen LogP contribution in [0.1, 0.15) is 0 Å². The maximum atomic E-state index is 13.8. The Morgan fingerprint density at radius 2 is 0.981 bits per heavy atom. The lowest BCUT2D eigenvalue weighted by Gasteiger charge is -2.14. The molecule has 0 aliphatic carbocycles. The highest BCUT2D eigenvalue weighted by atomic mass is 31.2. The Hall–Kier alpha value is -6.35. The monoisotopic (exact) mass is 685 g/mol. The second-order valence-electron chi connectivity index (χ2n) is 13.5. The summed E-state index contributed by atoms with van der Waals surface area (Å²) >= 11 is 0. The molecule has 9 aromatic rings. The van der Waals surface area contributed by atoms with Crippen molar-refractivity contribution in [2.75, 3.05) is 6.66 Å². The Morgan fingerprint density at radius 1 is 0.442 bits per heavy atom. The maximum Gasteiger partial charge on any atom is 0.182 e. The minimum atomic E-state index is -2.61. The molecule has 0 fully saturated rings. The molecule has 0 saturated carbocycles. The fourth-order valence-corrected chi connectivity index (χ4v) is 10.1. The molecule has 0 spiro atoms. The zero-order valence-electron chi connectivity index (χ0n) is 28.4. The van der Waals surface area contributed by atoms with Crippen molar-refractivity contribution >= 4 is 34.2 Å². The van der Waals surface area contributed by atoms with E-state index >= 15 is 0 Å². The van der Waals surface area contributed by atoms with Crippen LogP contribution >= 0.6 is 7.14 Å². The summed E-state index contributed by atoms with van der Waals surface area (Å²) in [6, 6.07) is 59.2. The molecule has 52 heavy (non-hydrogen) atoms. The number of hydrogen-bond donors (Lipinski definition) is 0. The number of benzene rings is 7. The van der Waals surface area contributed by atoms with Crippen LogP contribution in [0.2, 0.25) is 0 Å². The van der Waals surface area contributed by atoms with Gasteiger partial charge in [0.2, 0.25) is 0 Å². The first-order valence-corrected chi connectivity index (χ1v) is 19.6. The molecule has 1 aliphatic rings. The standard InChI is InChI=1S/C47H32N3OP/c1-52(51)44-19-11-10-18-41(44)43-28-35(24-27-45(43)52)38-26-25-37(39-16-8-9-17-40(38)39)33-20-22-34(23-21-33)46-48-47-42(32-14-6-3-7-15-32)29-36(30-50(47)49-46)31-12-4-2-5-13-31/h2-30H,1H3. The Balaban J connectivity index is 1.03. The summed E-state index contributed by atoms with van der Waals surface area (Å²) in [7, 11) is -2.61. The van der Waals surface area contributed by atoms with Crippen molar-refractivity contribution in [3.05, 3.63) is 176 Å². The van der Waals surface area contributed by atoms with E-state index in [1.807, 2.05) is 41.5 Å². The third-order valence-electron chi connectivity index (χ3n) is 10.4. The normalized spacial score (nSPS) is 14.8. The van der Waals surface area contributed by atoms with Gasteiger partial charge in [0.25, 0.3) is 0 Å². The molecule has 0 radical (unpaired) electrons. The van der Waals surface area contributed by atoms with Crippen molar-refractivity contribution in [3.63, 3.8) is 0 Å². The zero-order chi connectivity index (χ0) is 34.8. The van der Waals surface area contributed by atoms with Crippen molar-refractivity contribution in [1.82, 2.24) is 14.6 Å². The Kier molecular flexibility index (Phi) is 6.96. The summed E-state index contributed by atoms with van der Waals surface area (Å²) in [6.07, 6.45) is 2.07. The van der Waals surface area contributed by atoms with Gasteiger partial charge in [-0.2, -0.15) is 0 Å². The van der Waals surface area contributed by atoms with E-state index in [0.717, 1.165) is 77.5 Å². The molecular weight excluding hydrogens is 654 g/mol. The second-order valence-corrected chi connectivity index (χ2v) is 16.3. The molecule has 0 N–H and O–H groups in total. The van der Waals surface area contributed by atoms with Gasteiger partial charge in [0, 0.05) is 33.5 Å². The number of pyridine rings is 1. The van der Waals surface area contributed by atoms with E-state index in [2.05, 4.69) is 146 Å². The van der Waals surface area contributed by atoms with Crippen LogP contribution in [0.4, 0.5) is 0 Å². The van der Waals surface area contributed by atoms with Gasteiger partial charge < -0.3 is 4.57 Å². The molecular formula is C47H32N3OP. The molecule has 246 valence electrons. The summed E-state index contributed by atoms with van der Waals surface area (Å²) < 4.78 is 15.7. The summed E-state index contributed by atoms with van der Waals surface area (Å²) in [6.45, 7) is 1.89. The van der Waals surface area contributed by atoms with E-state index in [1.165, 1.54) is 10.8 Å². The molecule has 0 amide bonds. The van der Waals surface area contributed by atoms with Crippen LogP contribution in [0.15, 0.2) is 176 Å². The first-order valence-electron chi connectivity index (χ1n) is 17.5. The molecule has 1 aliphatic heterocycles.